The van der Waals surface area contributed by atoms with Gasteiger partial charge in [-0.15, -0.1) is 6.58 Å². The lowest BCUT2D eigenvalue weighted by atomic mass is 10.1. The minimum absolute atomic E-state index is 0.0681. The molecule has 1 N–H and O–H groups in total. The zero-order chi connectivity index (χ0) is 21.0. The molecule has 29 heavy (non-hydrogen) atoms. The summed E-state index contributed by atoms with van der Waals surface area (Å²) in [5, 5.41) is 7.59. The van der Waals surface area contributed by atoms with Crippen LogP contribution in [0, 0.1) is 0 Å². The zero-order valence-electron chi connectivity index (χ0n) is 16.8. The lowest BCUT2D eigenvalue weighted by Gasteiger charge is -2.14. The van der Waals surface area contributed by atoms with Crippen molar-refractivity contribution in [3.63, 3.8) is 0 Å². The summed E-state index contributed by atoms with van der Waals surface area (Å²) in [5.74, 6) is -0.983. The van der Waals surface area contributed by atoms with Crippen LogP contribution in [-0.2, 0) is 9.53 Å². The van der Waals surface area contributed by atoms with Gasteiger partial charge in [-0.05, 0) is 26.8 Å². The first-order valence-electron chi connectivity index (χ1n) is 9.45. The Morgan fingerprint density at radius 2 is 1.97 bits per heavy atom. The molecule has 2 heterocycles. The SMILES string of the molecule is C=CCNC(=O)[C@@H](C)OC(=O)c1cc(-c2ccccc2)nc2c1cnn2C(C)C. The van der Waals surface area contributed by atoms with Crippen LogP contribution in [0.25, 0.3) is 22.3 Å². The number of amides is 1. The molecule has 7 heteroatoms. The summed E-state index contributed by atoms with van der Waals surface area (Å²) in [4.78, 5) is 29.7. The molecule has 1 amide bonds. The molecular weight excluding hydrogens is 368 g/mol. The predicted molar refractivity (Wildman–Crippen MR) is 111 cm³/mol. The Hall–Kier alpha value is -3.48. The van der Waals surface area contributed by atoms with Crippen molar-refractivity contribution in [3.8, 4) is 11.3 Å². The number of hydrogen-bond donors (Lipinski definition) is 1. The van der Waals surface area contributed by atoms with Crippen LogP contribution in [0.15, 0.2) is 55.3 Å². The minimum atomic E-state index is -0.939. The van der Waals surface area contributed by atoms with Gasteiger partial charge in [0.25, 0.3) is 5.91 Å². The molecule has 0 unspecified atom stereocenters. The quantitative estimate of drug-likeness (QED) is 0.491. The molecule has 0 spiro atoms. The zero-order valence-corrected chi connectivity index (χ0v) is 16.8. The monoisotopic (exact) mass is 392 g/mol. The fraction of sp³-hybridized carbons (Fsp3) is 0.273. The van der Waals surface area contributed by atoms with Crippen LogP contribution >= 0.6 is 0 Å². The van der Waals surface area contributed by atoms with E-state index >= 15 is 0 Å². The largest absolute Gasteiger partial charge is 0.449 e. The first kappa shape index (κ1) is 20.3. The Bertz CT molecular complexity index is 1040. The number of carbonyl (C=O) groups is 2. The average Bonchev–Trinajstić information content (AvgIpc) is 3.16. The number of rotatable bonds is 7. The number of ether oxygens (including phenoxy) is 1. The lowest BCUT2D eigenvalue weighted by molar-refractivity contribution is -0.128. The summed E-state index contributed by atoms with van der Waals surface area (Å²) in [5.41, 5.74) is 2.43. The van der Waals surface area contributed by atoms with Gasteiger partial charge in [-0.3, -0.25) is 4.79 Å². The van der Waals surface area contributed by atoms with Gasteiger partial charge >= 0.3 is 5.97 Å². The van der Waals surface area contributed by atoms with E-state index in [0.717, 1.165) is 5.56 Å². The third kappa shape index (κ3) is 4.34. The third-order valence-corrected chi connectivity index (χ3v) is 4.42. The molecule has 0 saturated carbocycles. The van der Waals surface area contributed by atoms with Crippen molar-refractivity contribution in [2.45, 2.75) is 32.9 Å². The molecule has 0 aliphatic carbocycles. The Balaban J connectivity index is 2.02. The molecule has 0 radical (unpaired) electrons. The Morgan fingerprint density at radius 1 is 1.24 bits per heavy atom. The van der Waals surface area contributed by atoms with Crippen LogP contribution in [0.2, 0.25) is 0 Å². The maximum Gasteiger partial charge on any atom is 0.339 e. The van der Waals surface area contributed by atoms with Crippen molar-refractivity contribution in [1.82, 2.24) is 20.1 Å². The fourth-order valence-corrected chi connectivity index (χ4v) is 2.92. The highest BCUT2D eigenvalue weighted by Crippen LogP contribution is 2.27. The van der Waals surface area contributed by atoms with E-state index in [1.54, 1.807) is 23.0 Å². The molecule has 1 atom stereocenters. The standard InChI is InChI=1S/C22H24N4O3/c1-5-11-23-21(27)15(4)29-22(28)17-12-19(16-9-7-6-8-10-16)25-20-18(17)13-24-26(20)14(2)3/h5-10,12-15H,1,11H2,2-4H3,(H,23,27)/t15-/m1/s1. The molecule has 3 rings (SSSR count). The Labute approximate surface area is 169 Å². The number of nitrogens with zero attached hydrogens (tertiary/aromatic N) is 3. The number of esters is 1. The molecule has 0 fully saturated rings. The highest BCUT2D eigenvalue weighted by atomic mass is 16.5. The normalized spacial score (nSPS) is 12.0. The molecular formula is C22H24N4O3. The maximum absolute atomic E-state index is 12.9. The van der Waals surface area contributed by atoms with E-state index in [0.29, 0.717) is 28.8 Å². The molecule has 0 saturated heterocycles. The average molecular weight is 392 g/mol. The molecule has 7 nitrogen and oxygen atoms in total. The second kappa shape index (κ2) is 8.68. The van der Waals surface area contributed by atoms with E-state index in [1.165, 1.54) is 6.92 Å². The summed E-state index contributed by atoms with van der Waals surface area (Å²) in [6, 6.07) is 11.3. The second-order valence-corrected chi connectivity index (χ2v) is 6.92. The summed E-state index contributed by atoms with van der Waals surface area (Å²) >= 11 is 0. The lowest BCUT2D eigenvalue weighted by Crippen LogP contribution is -2.35. The van der Waals surface area contributed by atoms with Crippen molar-refractivity contribution in [3.05, 3.63) is 60.8 Å². The van der Waals surface area contributed by atoms with E-state index in [4.69, 9.17) is 9.72 Å². The fourth-order valence-electron chi connectivity index (χ4n) is 2.92. The second-order valence-electron chi connectivity index (χ2n) is 6.92. The van der Waals surface area contributed by atoms with Gasteiger partial charge < -0.3 is 10.1 Å². The smallest absolute Gasteiger partial charge is 0.339 e. The van der Waals surface area contributed by atoms with E-state index in [2.05, 4.69) is 17.0 Å². The van der Waals surface area contributed by atoms with Gasteiger partial charge in [0, 0.05) is 18.2 Å². The number of pyridine rings is 1. The van der Waals surface area contributed by atoms with Gasteiger partial charge in [0.05, 0.1) is 22.8 Å². The topological polar surface area (TPSA) is 86.1 Å². The Morgan fingerprint density at radius 3 is 2.62 bits per heavy atom. The van der Waals surface area contributed by atoms with E-state index in [-0.39, 0.29) is 11.9 Å². The summed E-state index contributed by atoms with van der Waals surface area (Å²) in [7, 11) is 0. The van der Waals surface area contributed by atoms with Crippen molar-refractivity contribution >= 4 is 22.9 Å². The summed E-state index contributed by atoms with van der Waals surface area (Å²) in [6.45, 7) is 9.37. The van der Waals surface area contributed by atoms with Crippen molar-refractivity contribution in [2.75, 3.05) is 6.54 Å². The van der Waals surface area contributed by atoms with Crippen LogP contribution in [0.4, 0.5) is 0 Å². The van der Waals surface area contributed by atoms with Crippen LogP contribution in [-0.4, -0.2) is 39.3 Å². The molecule has 0 aliphatic rings. The van der Waals surface area contributed by atoms with Gasteiger partial charge in [0.1, 0.15) is 0 Å². The van der Waals surface area contributed by atoms with Crippen LogP contribution in [0.1, 0.15) is 37.2 Å². The minimum Gasteiger partial charge on any atom is -0.449 e. The summed E-state index contributed by atoms with van der Waals surface area (Å²) in [6.07, 6.45) is 2.23. The summed E-state index contributed by atoms with van der Waals surface area (Å²) < 4.78 is 7.18. The van der Waals surface area contributed by atoms with Crippen LogP contribution in [0.5, 0.6) is 0 Å². The molecule has 2 aromatic heterocycles. The molecule has 1 aromatic carbocycles. The van der Waals surface area contributed by atoms with E-state index in [1.807, 2.05) is 44.2 Å². The van der Waals surface area contributed by atoms with Crippen molar-refractivity contribution in [2.24, 2.45) is 0 Å². The third-order valence-electron chi connectivity index (χ3n) is 4.42. The number of fused-ring (bicyclic) bond motifs is 1. The van der Waals surface area contributed by atoms with Crippen molar-refractivity contribution in [1.29, 1.82) is 0 Å². The number of benzene rings is 1. The van der Waals surface area contributed by atoms with Crippen LogP contribution < -0.4 is 5.32 Å². The van der Waals surface area contributed by atoms with Crippen LogP contribution in [0.3, 0.4) is 0 Å². The maximum atomic E-state index is 12.9. The molecule has 3 aromatic rings. The molecule has 0 aliphatic heterocycles. The van der Waals surface area contributed by atoms with Gasteiger partial charge in [-0.2, -0.15) is 5.10 Å². The van der Waals surface area contributed by atoms with E-state index in [9.17, 15) is 9.59 Å². The predicted octanol–water partition coefficient (Wildman–Crippen LogP) is 3.53. The highest BCUT2D eigenvalue weighted by molar-refractivity contribution is 6.04. The molecule has 0 bridgehead atoms. The van der Waals surface area contributed by atoms with E-state index < -0.39 is 12.1 Å². The molecule has 150 valence electrons. The van der Waals surface area contributed by atoms with Gasteiger partial charge in [-0.25, -0.2) is 14.5 Å². The first-order valence-corrected chi connectivity index (χ1v) is 9.45. The number of nitrogens with one attached hydrogen (secondary N) is 1. The van der Waals surface area contributed by atoms with Gasteiger partial charge in [0.2, 0.25) is 0 Å². The van der Waals surface area contributed by atoms with Crippen molar-refractivity contribution < 1.29 is 14.3 Å². The Kier molecular flexibility index (Phi) is 6.07. The number of hydrogen-bond acceptors (Lipinski definition) is 5. The number of carbonyl (C=O) groups excluding carboxylic acids is 2. The van der Waals surface area contributed by atoms with Gasteiger partial charge in [0.15, 0.2) is 11.8 Å². The first-order chi connectivity index (χ1) is 13.9. The van der Waals surface area contributed by atoms with Gasteiger partial charge in [-0.1, -0.05) is 36.4 Å². The number of aromatic nitrogens is 3. The highest BCUT2D eigenvalue weighted by Gasteiger charge is 2.23.